The van der Waals surface area contributed by atoms with Gasteiger partial charge in [0.2, 0.25) is 0 Å². The van der Waals surface area contributed by atoms with E-state index in [1.54, 1.807) is 7.11 Å². The van der Waals surface area contributed by atoms with Crippen molar-refractivity contribution in [1.29, 1.82) is 5.26 Å². The maximum Gasteiger partial charge on any atom is 0.105 e. The van der Waals surface area contributed by atoms with E-state index in [1.807, 2.05) is 6.92 Å². The highest BCUT2D eigenvalue weighted by Gasteiger charge is 2.33. The summed E-state index contributed by atoms with van der Waals surface area (Å²) in [5.74, 6) is 0.625. The molecule has 0 aromatic carbocycles. The zero-order valence-corrected chi connectivity index (χ0v) is 13.9. The Morgan fingerprint density at radius 3 is 2.60 bits per heavy atom. The van der Waals surface area contributed by atoms with Crippen molar-refractivity contribution in [2.24, 2.45) is 5.92 Å². The fourth-order valence-corrected chi connectivity index (χ4v) is 3.26. The molecular weight excluding hydrogens is 250 g/mol. The van der Waals surface area contributed by atoms with Crippen LogP contribution in [0.3, 0.4) is 0 Å². The van der Waals surface area contributed by atoms with Crippen LogP contribution in [0.15, 0.2) is 0 Å². The highest BCUT2D eigenvalue weighted by Crippen LogP contribution is 2.24. The first kappa shape index (κ1) is 17.4. The van der Waals surface area contributed by atoms with E-state index < -0.39 is 5.54 Å². The molecule has 1 rings (SSSR count). The van der Waals surface area contributed by atoms with E-state index in [-0.39, 0.29) is 0 Å². The van der Waals surface area contributed by atoms with E-state index in [1.165, 1.54) is 6.42 Å². The third kappa shape index (κ3) is 4.73. The van der Waals surface area contributed by atoms with Crippen LogP contribution in [-0.4, -0.2) is 48.8 Å². The quantitative estimate of drug-likeness (QED) is 0.812. The Bertz CT molecular complexity index is 339. The summed E-state index contributed by atoms with van der Waals surface area (Å²) in [5.41, 5.74) is -0.459. The van der Waals surface area contributed by atoms with Crippen molar-refractivity contribution in [2.45, 2.75) is 71.2 Å². The summed E-state index contributed by atoms with van der Waals surface area (Å²) in [7, 11) is 1.80. The molecular formula is C16H31N3O. The summed E-state index contributed by atoms with van der Waals surface area (Å²) in [6, 6.07) is 3.15. The van der Waals surface area contributed by atoms with Crippen molar-refractivity contribution >= 4 is 0 Å². The van der Waals surface area contributed by atoms with Crippen molar-refractivity contribution in [1.82, 2.24) is 10.2 Å². The van der Waals surface area contributed by atoms with Crippen LogP contribution in [0.2, 0.25) is 0 Å². The van der Waals surface area contributed by atoms with Gasteiger partial charge in [0.25, 0.3) is 0 Å². The largest absolute Gasteiger partial charge is 0.380 e. The fourth-order valence-electron chi connectivity index (χ4n) is 3.26. The molecule has 4 heteroatoms. The Hall–Kier alpha value is -0.630. The van der Waals surface area contributed by atoms with Gasteiger partial charge in [0.1, 0.15) is 5.54 Å². The zero-order chi connectivity index (χ0) is 15.3. The second-order valence-electron chi connectivity index (χ2n) is 6.83. The van der Waals surface area contributed by atoms with Crippen LogP contribution in [0.4, 0.5) is 0 Å². The first-order chi connectivity index (χ1) is 9.31. The molecule has 0 spiro atoms. The fraction of sp³-hybridized carbons (Fsp3) is 0.938. The third-order valence-electron chi connectivity index (χ3n) is 4.40. The van der Waals surface area contributed by atoms with Gasteiger partial charge < -0.3 is 4.74 Å². The lowest BCUT2D eigenvalue weighted by Gasteiger charge is -2.41. The summed E-state index contributed by atoms with van der Waals surface area (Å²) in [4.78, 5) is 2.46. The van der Waals surface area contributed by atoms with Crippen molar-refractivity contribution in [3.05, 3.63) is 0 Å². The Labute approximate surface area is 124 Å². The number of hydrogen-bond donors (Lipinski definition) is 1. The van der Waals surface area contributed by atoms with Crippen LogP contribution in [0.25, 0.3) is 0 Å². The lowest BCUT2D eigenvalue weighted by Crippen LogP contribution is -2.53. The molecule has 0 aromatic heterocycles. The molecule has 4 atom stereocenters. The first-order valence-electron chi connectivity index (χ1n) is 7.77. The van der Waals surface area contributed by atoms with Gasteiger partial charge in [0.05, 0.1) is 12.2 Å². The highest BCUT2D eigenvalue weighted by molar-refractivity contribution is 5.06. The van der Waals surface area contributed by atoms with Crippen LogP contribution >= 0.6 is 0 Å². The second-order valence-corrected chi connectivity index (χ2v) is 6.83. The van der Waals surface area contributed by atoms with Crippen molar-refractivity contribution in [2.75, 3.05) is 20.2 Å². The average Bonchev–Trinajstić information content (AvgIpc) is 2.38. The van der Waals surface area contributed by atoms with Gasteiger partial charge in [-0.3, -0.25) is 10.2 Å². The molecule has 0 saturated carbocycles. The van der Waals surface area contributed by atoms with Crippen LogP contribution in [-0.2, 0) is 4.74 Å². The normalized spacial score (nSPS) is 28.9. The SMILES string of the molecule is COC1CN(C(C)CC(C)(C#N)NC(C)C)CCC1C. The Morgan fingerprint density at radius 2 is 2.10 bits per heavy atom. The van der Waals surface area contributed by atoms with Gasteiger partial charge in [-0.1, -0.05) is 6.92 Å². The average molecular weight is 281 g/mol. The number of nitrogens with zero attached hydrogens (tertiary/aromatic N) is 2. The number of likely N-dealkylation sites (tertiary alicyclic amines) is 1. The molecule has 1 saturated heterocycles. The number of methoxy groups -OCH3 is 1. The number of rotatable bonds is 6. The minimum Gasteiger partial charge on any atom is -0.380 e. The van der Waals surface area contributed by atoms with Gasteiger partial charge in [-0.05, 0) is 53.0 Å². The topological polar surface area (TPSA) is 48.3 Å². The van der Waals surface area contributed by atoms with Crippen LogP contribution in [0.1, 0.15) is 47.5 Å². The second kappa shape index (κ2) is 7.40. The van der Waals surface area contributed by atoms with E-state index in [0.717, 1.165) is 19.5 Å². The third-order valence-corrected chi connectivity index (χ3v) is 4.40. The van der Waals surface area contributed by atoms with E-state index in [2.05, 4.69) is 44.0 Å². The summed E-state index contributed by atoms with van der Waals surface area (Å²) < 4.78 is 5.58. The first-order valence-corrected chi connectivity index (χ1v) is 7.77. The molecule has 1 aliphatic rings. The van der Waals surface area contributed by atoms with E-state index in [9.17, 15) is 5.26 Å². The summed E-state index contributed by atoms with van der Waals surface area (Å²) in [6.45, 7) is 12.7. The van der Waals surface area contributed by atoms with Crippen LogP contribution in [0.5, 0.6) is 0 Å². The standard InChI is InChI=1S/C16H31N3O/c1-12(2)18-16(5,11-17)9-14(4)19-8-7-13(3)15(10-19)20-6/h12-15,18H,7-10H2,1-6H3. The Balaban J connectivity index is 2.61. The molecule has 0 amide bonds. The van der Waals surface area contributed by atoms with Gasteiger partial charge in [-0.25, -0.2) is 0 Å². The lowest BCUT2D eigenvalue weighted by atomic mass is 9.90. The maximum absolute atomic E-state index is 9.47. The highest BCUT2D eigenvalue weighted by atomic mass is 16.5. The van der Waals surface area contributed by atoms with Crippen molar-refractivity contribution in [3.63, 3.8) is 0 Å². The van der Waals surface area contributed by atoms with Gasteiger partial charge in [0.15, 0.2) is 0 Å². The number of ether oxygens (including phenoxy) is 1. The smallest absolute Gasteiger partial charge is 0.105 e. The maximum atomic E-state index is 9.47. The van der Waals surface area contributed by atoms with E-state index in [4.69, 9.17) is 4.74 Å². The summed E-state index contributed by atoms with van der Waals surface area (Å²) >= 11 is 0. The summed E-state index contributed by atoms with van der Waals surface area (Å²) in [5, 5.41) is 12.9. The summed E-state index contributed by atoms with van der Waals surface area (Å²) in [6.07, 6.45) is 2.33. The molecule has 0 bridgehead atoms. The molecule has 20 heavy (non-hydrogen) atoms. The molecule has 1 heterocycles. The van der Waals surface area contributed by atoms with Crippen molar-refractivity contribution < 1.29 is 4.74 Å². The minimum absolute atomic E-state index is 0.317. The van der Waals surface area contributed by atoms with Crippen molar-refractivity contribution in [3.8, 4) is 6.07 Å². The molecule has 0 aromatic rings. The Kier molecular flexibility index (Phi) is 6.44. The van der Waals surface area contributed by atoms with Gasteiger partial charge >= 0.3 is 0 Å². The number of hydrogen-bond acceptors (Lipinski definition) is 4. The predicted octanol–water partition coefficient (Wildman–Crippen LogP) is 2.40. The van der Waals surface area contributed by atoms with Gasteiger partial charge in [-0.15, -0.1) is 0 Å². The molecule has 0 aliphatic carbocycles. The van der Waals surface area contributed by atoms with Crippen LogP contribution in [0, 0.1) is 17.2 Å². The Morgan fingerprint density at radius 1 is 1.45 bits per heavy atom. The number of nitrogens with one attached hydrogen (secondary N) is 1. The van der Waals surface area contributed by atoms with E-state index >= 15 is 0 Å². The molecule has 4 nitrogen and oxygen atoms in total. The van der Waals surface area contributed by atoms with Crippen LogP contribution < -0.4 is 5.32 Å². The number of piperidine rings is 1. The van der Waals surface area contributed by atoms with Gasteiger partial charge in [0, 0.05) is 25.7 Å². The molecule has 1 fully saturated rings. The number of nitriles is 1. The molecule has 1 aliphatic heterocycles. The zero-order valence-electron chi connectivity index (χ0n) is 13.9. The monoisotopic (exact) mass is 281 g/mol. The van der Waals surface area contributed by atoms with Gasteiger partial charge in [-0.2, -0.15) is 5.26 Å². The molecule has 1 N–H and O–H groups in total. The van der Waals surface area contributed by atoms with E-state index in [0.29, 0.717) is 24.1 Å². The lowest BCUT2D eigenvalue weighted by molar-refractivity contribution is -0.0198. The predicted molar refractivity (Wildman–Crippen MR) is 82.5 cm³/mol. The molecule has 0 radical (unpaired) electrons. The molecule has 116 valence electrons. The molecule has 4 unspecified atom stereocenters. The minimum atomic E-state index is -0.459.